The van der Waals surface area contributed by atoms with Crippen molar-refractivity contribution in [1.29, 1.82) is 0 Å². The van der Waals surface area contributed by atoms with Crippen molar-refractivity contribution in [2.75, 3.05) is 6.26 Å². The highest BCUT2D eigenvalue weighted by atomic mass is 35.5. The van der Waals surface area contributed by atoms with E-state index >= 15 is 0 Å². The summed E-state index contributed by atoms with van der Waals surface area (Å²) in [4.78, 5) is 21.0. The number of imidazole rings is 1. The molecule has 2 aromatic heterocycles. The minimum atomic E-state index is -2.89. The number of carbonyl (C=O) groups is 1. The number of hydrogen-bond acceptors (Lipinski definition) is 4. The van der Waals surface area contributed by atoms with Crippen molar-refractivity contribution in [3.05, 3.63) is 75.5 Å². The Hall–Kier alpha value is -2.66. The first kappa shape index (κ1) is 22.0. The molecule has 1 atom stereocenters. The van der Waals surface area contributed by atoms with Crippen LogP contribution in [0.3, 0.4) is 0 Å². The molecule has 2 heterocycles. The number of hydrogen-bond donors (Lipinski definition) is 0. The number of aromatic nitrogens is 3. The minimum absolute atomic E-state index is 0.210. The quantitative estimate of drug-likeness (QED) is 0.537. The Kier molecular flexibility index (Phi) is 6.61. The summed E-state index contributed by atoms with van der Waals surface area (Å²) in [7, 11) is -2.89. The maximum atomic E-state index is 13.0. The van der Waals surface area contributed by atoms with Crippen molar-refractivity contribution in [3.63, 3.8) is 0 Å². The molecule has 30 heavy (non-hydrogen) atoms. The van der Waals surface area contributed by atoms with E-state index in [4.69, 9.17) is 23.2 Å². The fourth-order valence-corrected chi connectivity index (χ4v) is 4.07. The van der Waals surface area contributed by atoms with E-state index in [9.17, 15) is 9.00 Å². The third-order valence-electron chi connectivity index (χ3n) is 4.37. The van der Waals surface area contributed by atoms with Crippen molar-refractivity contribution in [2.45, 2.75) is 25.3 Å². The molecule has 0 saturated heterocycles. The highest BCUT2D eigenvalue weighted by molar-refractivity contribution is 7.93. The van der Waals surface area contributed by atoms with Gasteiger partial charge in [0, 0.05) is 29.1 Å². The number of benzene rings is 1. The Morgan fingerprint density at radius 3 is 2.63 bits per heavy atom. The Morgan fingerprint density at radius 2 is 1.97 bits per heavy atom. The zero-order valence-corrected chi connectivity index (χ0v) is 18.8. The number of aryl methyl sites for hydroxylation is 2. The first-order valence-corrected chi connectivity index (χ1v) is 11.5. The van der Waals surface area contributed by atoms with Gasteiger partial charge in [0.05, 0.1) is 28.2 Å². The second-order valence-corrected chi connectivity index (χ2v) is 9.64. The lowest BCUT2D eigenvalue weighted by atomic mass is 10.1. The molecule has 0 saturated carbocycles. The maximum Gasteiger partial charge on any atom is 0.286 e. The average Bonchev–Trinajstić information content (AvgIpc) is 3.02. The van der Waals surface area contributed by atoms with Crippen LogP contribution < -0.4 is 0 Å². The number of halogens is 2. The summed E-state index contributed by atoms with van der Waals surface area (Å²) < 4.78 is 18.6. The molecule has 3 aromatic rings. The number of nitrogens with zero attached hydrogens (tertiary/aromatic N) is 4. The van der Waals surface area contributed by atoms with Crippen LogP contribution in [0.2, 0.25) is 10.3 Å². The van der Waals surface area contributed by atoms with Crippen LogP contribution in [0.4, 0.5) is 0 Å². The van der Waals surface area contributed by atoms with Gasteiger partial charge in [0.25, 0.3) is 5.91 Å². The summed E-state index contributed by atoms with van der Waals surface area (Å²) in [6.07, 6.45) is 5.84. The first-order chi connectivity index (χ1) is 14.2. The third kappa shape index (κ3) is 5.08. The zero-order valence-electron chi connectivity index (χ0n) is 16.5. The predicted molar refractivity (Wildman–Crippen MR) is 118 cm³/mol. The van der Waals surface area contributed by atoms with Crippen molar-refractivity contribution >= 4 is 38.8 Å². The molecule has 6 nitrogen and oxygen atoms in total. The van der Waals surface area contributed by atoms with Crippen LogP contribution in [0.1, 0.15) is 27.0 Å². The molecule has 0 aliphatic rings. The smallest absolute Gasteiger partial charge is 0.286 e. The molecule has 0 spiro atoms. The van der Waals surface area contributed by atoms with E-state index in [0.717, 1.165) is 11.1 Å². The van der Waals surface area contributed by atoms with Crippen LogP contribution in [-0.2, 0) is 16.3 Å². The van der Waals surface area contributed by atoms with Gasteiger partial charge in [-0.15, -0.1) is 0 Å². The minimum Gasteiger partial charge on any atom is -0.309 e. The molecule has 1 unspecified atom stereocenters. The number of rotatable bonds is 3. The molecule has 0 N–H and O–H groups in total. The Labute approximate surface area is 185 Å². The lowest BCUT2D eigenvalue weighted by molar-refractivity contribution is 0.100. The van der Waals surface area contributed by atoms with Gasteiger partial charge in [0.1, 0.15) is 5.15 Å². The summed E-state index contributed by atoms with van der Waals surface area (Å²) in [6, 6.07) is 6.95. The average molecular weight is 461 g/mol. The van der Waals surface area contributed by atoms with E-state index in [-0.39, 0.29) is 17.3 Å². The summed E-state index contributed by atoms with van der Waals surface area (Å²) in [5, 5.41) is 0.511. The maximum absolute atomic E-state index is 13.0. The van der Waals surface area contributed by atoms with Crippen molar-refractivity contribution in [3.8, 4) is 11.8 Å². The van der Waals surface area contributed by atoms with Crippen molar-refractivity contribution in [1.82, 2.24) is 14.5 Å². The van der Waals surface area contributed by atoms with Gasteiger partial charge in [0.2, 0.25) is 0 Å². The zero-order chi connectivity index (χ0) is 21.9. The summed E-state index contributed by atoms with van der Waals surface area (Å²) in [6.45, 7) is 4.16. The highest BCUT2D eigenvalue weighted by Gasteiger charge is 2.13. The van der Waals surface area contributed by atoms with Crippen LogP contribution >= 0.6 is 23.2 Å². The van der Waals surface area contributed by atoms with E-state index < -0.39 is 15.6 Å². The summed E-state index contributed by atoms with van der Waals surface area (Å²) in [5.74, 6) is 5.21. The second-order valence-electron chi connectivity index (χ2n) is 6.66. The summed E-state index contributed by atoms with van der Waals surface area (Å²) in [5.41, 5.74) is 2.80. The summed E-state index contributed by atoms with van der Waals surface area (Å²) >= 11 is 11.8. The lowest BCUT2D eigenvalue weighted by Gasteiger charge is -2.07. The van der Waals surface area contributed by atoms with Gasteiger partial charge in [-0.25, -0.2) is 9.19 Å². The van der Waals surface area contributed by atoms with E-state index in [1.165, 1.54) is 25.0 Å². The standard InChI is InChI=1S/C21H18Cl2N4O2S/c1-14-6-7-18(9-15(14)2)30(3,29)26-21(28)17-10-16(11-24-12-17)5-4-8-27-13-25-19(22)20(27)23/h6-7,9-13H,8H2,1-3H3. The highest BCUT2D eigenvalue weighted by Crippen LogP contribution is 2.19. The first-order valence-electron chi connectivity index (χ1n) is 8.81. The molecule has 1 aromatic carbocycles. The molecular formula is C21H18Cl2N4O2S. The van der Waals surface area contributed by atoms with Gasteiger partial charge >= 0.3 is 0 Å². The molecule has 1 amide bonds. The fraction of sp³-hybridized carbons (Fsp3) is 0.190. The van der Waals surface area contributed by atoms with Gasteiger partial charge in [0.15, 0.2) is 5.15 Å². The van der Waals surface area contributed by atoms with Crippen molar-refractivity contribution < 1.29 is 9.00 Å². The SMILES string of the molecule is Cc1ccc(S(C)(=O)=NC(=O)c2cncc(C#CCn3cnc(Cl)c3Cl)c2)cc1C. The van der Waals surface area contributed by atoms with Gasteiger partial charge in [-0.2, -0.15) is 4.36 Å². The van der Waals surface area contributed by atoms with Crippen LogP contribution in [0.5, 0.6) is 0 Å². The Bertz CT molecular complexity index is 1310. The van der Waals surface area contributed by atoms with E-state index in [1.54, 1.807) is 22.8 Å². The Balaban J connectivity index is 1.83. The third-order valence-corrected chi connectivity index (χ3v) is 6.79. The normalized spacial score (nSPS) is 12.6. The molecule has 0 radical (unpaired) electrons. The van der Waals surface area contributed by atoms with Gasteiger partial charge in [-0.3, -0.25) is 9.78 Å². The van der Waals surface area contributed by atoms with Crippen molar-refractivity contribution in [2.24, 2.45) is 4.36 Å². The Morgan fingerprint density at radius 1 is 1.20 bits per heavy atom. The molecule has 0 bridgehead atoms. The molecule has 154 valence electrons. The van der Waals surface area contributed by atoms with Crippen LogP contribution in [-0.4, -0.2) is 30.9 Å². The predicted octanol–water partition coefficient (Wildman–Crippen LogP) is 4.55. The van der Waals surface area contributed by atoms with Gasteiger partial charge < -0.3 is 4.57 Å². The van der Waals surface area contributed by atoms with Crippen LogP contribution in [0.15, 0.2) is 52.2 Å². The van der Waals surface area contributed by atoms with Gasteiger partial charge in [-0.1, -0.05) is 41.1 Å². The molecule has 0 fully saturated rings. The largest absolute Gasteiger partial charge is 0.309 e. The fourth-order valence-electron chi connectivity index (χ4n) is 2.52. The topological polar surface area (TPSA) is 77.2 Å². The monoisotopic (exact) mass is 460 g/mol. The molecule has 0 aliphatic heterocycles. The van der Waals surface area contributed by atoms with E-state index in [2.05, 4.69) is 26.2 Å². The number of amides is 1. The number of carbonyl (C=O) groups excluding carboxylic acids is 1. The van der Waals surface area contributed by atoms with E-state index in [1.807, 2.05) is 19.9 Å². The van der Waals surface area contributed by atoms with Gasteiger partial charge in [-0.05, 0) is 43.2 Å². The number of pyridine rings is 1. The molecule has 3 rings (SSSR count). The van der Waals surface area contributed by atoms with Crippen LogP contribution in [0, 0.1) is 25.7 Å². The molecule has 9 heteroatoms. The second kappa shape index (κ2) is 9.00. The molecule has 0 aliphatic carbocycles. The molecular weight excluding hydrogens is 443 g/mol. The van der Waals surface area contributed by atoms with E-state index in [0.29, 0.717) is 15.6 Å². The lowest BCUT2D eigenvalue weighted by Crippen LogP contribution is -2.05. The van der Waals surface area contributed by atoms with Crippen LogP contribution in [0.25, 0.3) is 0 Å².